The summed E-state index contributed by atoms with van der Waals surface area (Å²) < 4.78 is 0. The smallest absolute Gasteiger partial charge is 0.335 e. The molecular weight excluding hydrogens is 298 g/mol. The van der Waals surface area contributed by atoms with Gasteiger partial charge in [-0.25, -0.2) is 4.79 Å². The summed E-state index contributed by atoms with van der Waals surface area (Å²) in [6.45, 7) is 0.523. The molecule has 0 saturated carbocycles. The van der Waals surface area contributed by atoms with Crippen LogP contribution >= 0.6 is 11.8 Å². The fourth-order valence-electron chi connectivity index (χ4n) is 1.90. The molecule has 5 heteroatoms. The molecule has 114 valence electrons. The Morgan fingerprint density at radius 2 is 1.73 bits per heavy atom. The Kier molecular flexibility index (Phi) is 6.03. The van der Waals surface area contributed by atoms with Gasteiger partial charge >= 0.3 is 5.97 Å². The number of carboxylic acids is 1. The van der Waals surface area contributed by atoms with Crippen molar-refractivity contribution in [2.75, 3.05) is 5.75 Å². The number of benzene rings is 2. The van der Waals surface area contributed by atoms with E-state index in [1.807, 2.05) is 36.4 Å². The topological polar surface area (TPSA) is 66.4 Å². The molecule has 0 atom stereocenters. The molecule has 0 fully saturated rings. The van der Waals surface area contributed by atoms with E-state index in [4.69, 9.17) is 5.11 Å². The summed E-state index contributed by atoms with van der Waals surface area (Å²) in [4.78, 5) is 22.6. The van der Waals surface area contributed by atoms with Crippen LogP contribution in [0.1, 0.15) is 21.5 Å². The van der Waals surface area contributed by atoms with Gasteiger partial charge in [0.1, 0.15) is 0 Å². The van der Waals surface area contributed by atoms with Crippen LogP contribution in [-0.2, 0) is 17.1 Å². The minimum absolute atomic E-state index is 0.0248. The zero-order chi connectivity index (χ0) is 15.8. The van der Waals surface area contributed by atoms with E-state index in [-0.39, 0.29) is 11.5 Å². The number of aromatic carboxylic acids is 1. The maximum atomic E-state index is 11.8. The average molecular weight is 315 g/mol. The molecule has 0 aromatic heterocycles. The van der Waals surface area contributed by atoms with Gasteiger partial charge in [0.2, 0.25) is 5.91 Å². The van der Waals surface area contributed by atoms with Gasteiger partial charge in [0.05, 0.1) is 11.3 Å². The number of thioether (sulfide) groups is 1. The van der Waals surface area contributed by atoms with Crippen LogP contribution in [0.2, 0.25) is 0 Å². The first-order valence-electron chi connectivity index (χ1n) is 6.86. The van der Waals surface area contributed by atoms with E-state index in [0.29, 0.717) is 18.1 Å². The highest BCUT2D eigenvalue weighted by molar-refractivity contribution is 7.99. The van der Waals surface area contributed by atoms with Gasteiger partial charge in [-0.05, 0) is 23.3 Å². The molecule has 0 spiro atoms. The minimum Gasteiger partial charge on any atom is -0.478 e. The first-order valence-corrected chi connectivity index (χ1v) is 8.01. The summed E-state index contributed by atoms with van der Waals surface area (Å²) in [5.41, 5.74) is 2.24. The quantitative estimate of drug-likeness (QED) is 0.824. The Morgan fingerprint density at radius 3 is 2.45 bits per heavy atom. The molecule has 0 unspecified atom stereocenters. The molecule has 4 nitrogen and oxygen atoms in total. The molecule has 2 aromatic rings. The van der Waals surface area contributed by atoms with Crippen molar-refractivity contribution in [3.05, 3.63) is 71.3 Å². The first-order chi connectivity index (χ1) is 10.6. The monoisotopic (exact) mass is 315 g/mol. The van der Waals surface area contributed by atoms with E-state index in [0.717, 1.165) is 11.1 Å². The molecule has 0 aliphatic rings. The lowest BCUT2D eigenvalue weighted by Gasteiger charge is -2.06. The second kappa shape index (κ2) is 8.24. The van der Waals surface area contributed by atoms with Crippen LogP contribution in [-0.4, -0.2) is 22.7 Å². The molecule has 2 N–H and O–H groups in total. The SMILES string of the molecule is O=C(CSCc1cccc(C(=O)O)c1)NCc1ccccc1. The predicted octanol–water partition coefficient (Wildman–Crippen LogP) is 2.93. The number of carbonyl (C=O) groups excluding carboxylic acids is 1. The number of hydrogen-bond acceptors (Lipinski definition) is 3. The van der Waals surface area contributed by atoms with Crippen molar-refractivity contribution >= 4 is 23.6 Å². The molecule has 2 aromatic carbocycles. The van der Waals surface area contributed by atoms with E-state index in [1.54, 1.807) is 18.2 Å². The molecule has 0 bridgehead atoms. The molecule has 2 rings (SSSR count). The van der Waals surface area contributed by atoms with Crippen molar-refractivity contribution in [2.24, 2.45) is 0 Å². The van der Waals surface area contributed by atoms with Crippen LogP contribution in [0, 0.1) is 0 Å². The molecule has 1 amide bonds. The van der Waals surface area contributed by atoms with Crippen molar-refractivity contribution in [3.63, 3.8) is 0 Å². The summed E-state index contributed by atoms with van der Waals surface area (Å²) in [6.07, 6.45) is 0. The van der Waals surface area contributed by atoms with E-state index in [2.05, 4.69) is 5.32 Å². The Morgan fingerprint density at radius 1 is 1.00 bits per heavy atom. The van der Waals surface area contributed by atoms with Crippen LogP contribution in [0.5, 0.6) is 0 Å². The van der Waals surface area contributed by atoms with Crippen LogP contribution in [0.3, 0.4) is 0 Å². The van der Waals surface area contributed by atoms with Gasteiger partial charge in [0, 0.05) is 12.3 Å². The van der Waals surface area contributed by atoms with Crippen LogP contribution in [0.25, 0.3) is 0 Å². The van der Waals surface area contributed by atoms with E-state index >= 15 is 0 Å². The van der Waals surface area contributed by atoms with E-state index in [9.17, 15) is 9.59 Å². The van der Waals surface area contributed by atoms with Crippen molar-refractivity contribution < 1.29 is 14.7 Å². The Hall–Kier alpha value is -2.27. The summed E-state index contributed by atoms with van der Waals surface area (Å²) >= 11 is 1.47. The van der Waals surface area contributed by atoms with Gasteiger partial charge in [-0.15, -0.1) is 11.8 Å². The van der Waals surface area contributed by atoms with Gasteiger partial charge in [0.15, 0.2) is 0 Å². The second-order valence-electron chi connectivity index (χ2n) is 4.76. The minimum atomic E-state index is -0.938. The van der Waals surface area contributed by atoms with Gasteiger partial charge in [-0.2, -0.15) is 0 Å². The van der Waals surface area contributed by atoms with E-state index in [1.165, 1.54) is 11.8 Å². The number of amides is 1. The summed E-state index contributed by atoms with van der Waals surface area (Å²) in [6, 6.07) is 16.5. The molecule has 22 heavy (non-hydrogen) atoms. The second-order valence-corrected chi connectivity index (χ2v) is 5.75. The zero-order valence-electron chi connectivity index (χ0n) is 12.0. The molecule has 0 radical (unpaired) electrons. The third-order valence-corrected chi connectivity index (χ3v) is 4.01. The number of carbonyl (C=O) groups is 2. The van der Waals surface area contributed by atoms with Crippen LogP contribution in [0.15, 0.2) is 54.6 Å². The van der Waals surface area contributed by atoms with Gasteiger partial charge < -0.3 is 10.4 Å². The molecule has 0 aliphatic carbocycles. The Labute approximate surface area is 133 Å². The third-order valence-electron chi connectivity index (χ3n) is 3.01. The number of hydrogen-bond donors (Lipinski definition) is 2. The van der Waals surface area contributed by atoms with Gasteiger partial charge in [0.25, 0.3) is 0 Å². The Bertz CT molecular complexity index is 643. The maximum absolute atomic E-state index is 11.8. The predicted molar refractivity (Wildman–Crippen MR) is 87.9 cm³/mol. The summed E-state index contributed by atoms with van der Waals surface area (Å²) in [5.74, 6) is -0.00000704. The highest BCUT2D eigenvalue weighted by Gasteiger charge is 2.05. The zero-order valence-corrected chi connectivity index (χ0v) is 12.8. The molecule has 0 heterocycles. The van der Waals surface area contributed by atoms with E-state index < -0.39 is 5.97 Å². The standard InChI is InChI=1S/C17H17NO3S/c19-16(18-10-13-5-2-1-3-6-13)12-22-11-14-7-4-8-15(9-14)17(20)21/h1-9H,10-12H2,(H,18,19)(H,20,21). The highest BCUT2D eigenvalue weighted by atomic mass is 32.2. The number of nitrogens with one attached hydrogen (secondary N) is 1. The highest BCUT2D eigenvalue weighted by Crippen LogP contribution is 2.13. The lowest BCUT2D eigenvalue weighted by atomic mass is 10.1. The van der Waals surface area contributed by atoms with Crippen LogP contribution < -0.4 is 5.32 Å². The molecular formula is C17H17NO3S. The summed E-state index contributed by atoms with van der Waals surface area (Å²) in [7, 11) is 0. The van der Waals surface area contributed by atoms with Crippen molar-refractivity contribution in [2.45, 2.75) is 12.3 Å². The van der Waals surface area contributed by atoms with Gasteiger partial charge in [-0.1, -0.05) is 42.5 Å². The first kappa shape index (κ1) is 16.1. The average Bonchev–Trinajstić information content (AvgIpc) is 2.54. The van der Waals surface area contributed by atoms with Crippen LogP contribution in [0.4, 0.5) is 0 Å². The lowest BCUT2D eigenvalue weighted by molar-refractivity contribution is -0.118. The fourth-order valence-corrected chi connectivity index (χ4v) is 2.71. The van der Waals surface area contributed by atoms with Gasteiger partial charge in [-0.3, -0.25) is 4.79 Å². The summed E-state index contributed by atoms with van der Waals surface area (Å²) in [5, 5.41) is 11.8. The van der Waals surface area contributed by atoms with Crippen molar-refractivity contribution in [1.29, 1.82) is 0 Å². The molecule has 0 saturated heterocycles. The lowest BCUT2D eigenvalue weighted by Crippen LogP contribution is -2.24. The number of carboxylic acid groups (broad SMARTS) is 1. The Balaban J connectivity index is 1.73. The fraction of sp³-hybridized carbons (Fsp3) is 0.176. The molecule has 0 aliphatic heterocycles. The maximum Gasteiger partial charge on any atom is 0.335 e. The normalized spacial score (nSPS) is 10.2. The van der Waals surface area contributed by atoms with Crippen molar-refractivity contribution in [1.82, 2.24) is 5.32 Å². The third kappa shape index (κ3) is 5.26. The van der Waals surface area contributed by atoms with Crippen molar-refractivity contribution in [3.8, 4) is 0 Å². The number of rotatable bonds is 7. The largest absolute Gasteiger partial charge is 0.478 e.